The van der Waals surface area contributed by atoms with Crippen LogP contribution in [0.3, 0.4) is 0 Å². The van der Waals surface area contributed by atoms with Crippen molar-refractivity contribution in [3.05, 3.63) is 29.8 Å². The van der Waals surface area contributed by atoms with Crippen LogP contribution in [0.2, 0.25) is 0 Å². The summed E-state index contributed by atoms with van der Waals surface area (Å²) in [6.45, 7) is 1.78. The number of aryl methyl sites for hydroxylation is 1. The minimum atomic E-state index is -1.54. The van der Waals surface area contributed by atoms with Crippen LogP contribution in [-0.4, -0.2) is 48.9 Å². The fourth-order valence-electron chi connectivity index (χ4n) is 2.18. The molecule has 10 heteroatoms. The second-order valence-electron chi connectivity index (χ2n) is 4.54. The summed E-state index contributed by atoms with van der Waals surface area (Å²) in [7, 11) is 1.41. The van der Waals surface area contributed by atoms with Crippen LogP contribution < -0.4 is 4.74 Å². The number of carbonyl (C=O) groups is 2. The number of aromatic nitrogens is 5. The normalized spacial score (nSPS) is 10.3. The summed E-state index contributed by atoms with van der Waals surface area (Å²) in [5, 5.41) is 17.1. The van der Waals surface area contributed by atoms with Crippen LogP contribution in [0.25, 0.3) is 16.7 Å². The summed E-state index contributed by atoms with van der Waals surface area (Å²) < 4.78 is 6.61. The summed E-state index contributed by atoms with van der Waals surface area (Å²) in [6.07, 6.45) is 4.38. The largest absolute Gasteiger partial charge is 0.494 e. The lowest BCUT2D eigenvalue weighted by atomic mass is 10.1. The molecule has 0 bridgehead atoms. The number of aromatic amines is 1. The molecule has 0 spiro atoms. The van der Waals surface area contributed by atoms with Crippen molar-refractivity contribution >= 4 is 35.1 Å². The van der Waals surface area contributed by atoms with Gasteiger partial charge in [-0.25, -0.2) is 9.78 Å². The van der Waals surface area contributed by atoms with E-state index in [4.69, 9.17) is 9.84 Å². The van der Waals surface area contributed by atoms with Crippen molar-refractivity contribution in [1.82, 2.24) is 25.0 Å². The molecule has 3 rings (SSSR count). The first-order valence-electron chi connectivity index (χ1n) is 6.24. The zero-order valence-electron chi connectivity index (χ0n) is 12.1. The quantitative estimate of drug-likeness (QED) is 0.540. The highest BCUT2D eigenvalue weighted by Gasteiger charge is 2.24. The molecule has 0 aliphatic heterocycles. The van der Waals surface area contributed by atoms with Gasteiger partial charge in [0.1, 0.15) is 5.75 Å². The van der Waals surface area contributed by atoms with Crippen molar-refractivity contribution in [2.75, 3.05) is 7.11 Å². The van der Waals surface area contributed by atoms with Crippen molar-refractivity contribution in [1.29, 1.82) is 0 Å². The molecule has 0 saturated carbocycles. The van der Waals surface area contributed by atoms with E-state index in [2.05, 4.69) is 20.3 Å². The number of pyridine rings is 1. The van der Waals surface area contributed by atoms with Crippen molar-refractivity contribution in [2.45, 2.75) is 6.92 Å². The number of methoxy groups -OCH3 is 1. The van der Waals surface area contributed by atoms with E-state index in [1.165, 1.54) is 24.2 Å². The Labute approximate surface area is 135 Å². The van der Waals surface area contributed by atoms with Gasteiger partial charge >= 0.3 is 5.97 Å². The third-order valence-electron chi connectivity index (χ3n) is 3.14. The van der Waals surface area contributed by atoms with Gasteiger partial charge in [-0.15, -0.1) is 17.5 Å². The Balaban J connectivity index is 0.00000192. The summed E-state index contributed by atoms with van der Waals surface area (Å²) >= 11 is 0. The monoisotopic (exact) mass is 337 g/mol. The number of ether oxygens (including phenoxy) is 1. The van der Waals surface area contributed by atoms with E-state index in [0.29, 0.717) is 28.2 Å². The molecule has 0 aromatic carbocycles. The van der Waals surface area contributed by atoms with Crippen LogP contribution >= 0.6 is 12.4 Å². The van der Waals surface area contributed by atoms with E-state index in [0.717, 1.165) is 0 Å². The molecule has 9 nitrogen and oxygen atoms in total. The van der Waals surface area contributed by atoms with E-state index in [-0.39, 0.29) is 18.0 Å². The standard InChI is InChI=1S/C13H11N5O4.ClH/c1-6-5-18(17-16-6)12-10-9(8(22-2)4-15-12)7(3-14-10)11(19)13(20)21;/h3-5,14H,1-2H3,(H,20,21);1H. The molecule has 0 atom stereocenters. The lowest BCUT2D eigenvalue weighted by molar-refractivity contribution is -0.131. The van der Waals surface area contributed by atoms with E-state index < -0.39 is 11.8 Å². The van der Waals surface area contributed by atoms with E-state index in [1.807, 2.05) is 0 Å². The number of hydrogen-bond donors (Lipinski definition) is 2. The summed E-state index contributed by atoms with van der Waals surface area (Å²) in [5.41, 5.74) is 1.13. The maximum absolute atomic E-state index is 11.8. The Hall–Kier alpha value is -2.94. The Kier molecular flexibility index (Phi) is 4.32. The number of nitrogens with zero attached hydrogens (tertiary/aromatic N) is 4. The molecule has 2 N–H and O–H groups in total. The molecule has 3 aromatic heterocycles. The molecule has 0 radical (unpaired) electrons. The number of fused-ring (bicyclic) bond motifs is 1. The highest BCUT2D eigenvalue weighted by atomic mass is 35.5. The molecule has 3 heterocycles. The van der Waals surface area contributed by atoms with Gasteiger partial charge in [0.25, 0.3) is 5.78 Å². The third kappa shape index (κ3) is 2.61. The number of aliphatic carboxylic acids is 1. The predicted molar refractivity (Wildman–Crippen MR) is 81.5 cm³/mol. The highest BCUT2D eigenvalue weighted by molar-refractivity contribution is 6.42. The summed E-state index contributed by atoms with van der Waals surface area (Å²) in [6, 6.07) is 0. The first-order chi connectivity index (χ1) is 10.5. The maximum atomic E-state index is 11.8. The van der Waals surface area contributed by atoms with Gasteiger partial charge in [-0.2, -0.15) is 4.68 Å². The fraction of sp³-hybridized carbons (Fsp3) is 0.154. The topological polar surface area (TPSA) is 123 Å². The molecule has 0 unspecified atom stereocenters. The predicted octanol–water partition coefficient (Wildman–Crippen LogP) is 1.15. The maximum Gasteiger partial charge on any atom is 0.377 e. The van der Waals surface area contributed by atoms with Crippen molar-refractivity contribution in [3.8, 4) is 11.6 Å². The molecule has 0 amide bonds. The number of rotatable bonds is 4. The van der Waals surface area contributed by atoms with Gasteiger partial charge in [0, 0.05) is 6.20 Å². The number of carbonyl (C=O) groups excluding carboxylic acids is 1. The van der Waals surface area contributed by atoms with Crippen LogP contribution in [0.4, 0.5) is 0 Å². The Morgan fingerprint density at radius 1 is 1.39 bits per heavy atom. The molecular formula is C13H12ClN5O4. The van der Waals surface area contributed by atoms with Crippen LogP contribution in [0, 0.1) is 6.92 Å². The highest BCUT2D eigenvalue weighted by Crippen LogP contribution is 2.31. The van der Waals surface area contributed by atoms with Crippen LogP contribution in [0.5, 0.6) is 5.75 Å². The third-order valence-corrected chi connectivity index (χ3v) is 3.14. The van der Waals surface area contributed by atoms with Gasteiger partial charge in [-0.05, 0) is 6.92 Å². The minimum Gasteiger partial charge on any atom is -0.494 e. The average molecular weight is 338 g/mol. The van der Waals surface area contributed by atoms with Crippen LogP contribution in [0.1, 0.15) is 16.1 Å². The van der Waals surface area contributed by atoms with Gasteiger partial charge in [-0.3, -0.25) is 4.79 Å². The Morgan fingerprint density at radius 3 is 2.70 bits per heavy atom. The number of ketones is 1. The van der Waals surface area contributed by atoms with Gasteiger partial charge < -0.3 is 14.8 Å². The van der Waals surface area contributed by atoms with Gasteiger partial charge in [0.2, 0.25) is 0 Å². The Morgan fingerprint density at radius 2 is 2.13 bits per heavy atom. The van der Waals surface area contributed by atoms with Crippen molar-refractivity contribution in [2.24, 2.45) is 0 Å². The molecule has 3 aromatic rings. The number of H-pyrrole nitrogens is 1. The molecule has 0 saturated heterocycles. The van der Waals surface area contributed by atoms with Gasteiger partial charge in [0.15, 0.2) is 5.82 Å². The summed E-state index contributed by atoms with van der Waals surface area (Å²) in [5.74, 6) is -1.89. The number of halogens is 1. The van der Waals surface area contributed by atoms with Crippen LogP contribution in [-0.2, 0) is 4.79 Å². The lowest BCUT2D eigenvalue weighted by Gasteiger charge is -2.06. The first-order valence-corrected chi connectivity index (χ1v) is 6.24. The van der Waals surface area contributed by atoms with E-state index >= 15 is 0 Å². The number of carboxylic acids is 1. The molecule has 0 fully saturated rings. The lowest BCUT2D eigenvalue weighted by Crippen LogP contribution is -2.12. The SMILES string of the molecule is COc1cnc(-n2cc(C)nn2)c2[nH]cc(C(=O)C(=O)O)c12.Cl. The fourth-order valence-corrected chi connectivity index (χ4v) is 2.18. The smallest absolute Gasteiger partial charge is 0.377 e. The molecule has 120 valence electrons. The molecule has 0 aliphatic carbocycles. The number of Topliss-reactive ketones (excluding diaryl/α,β-unsaturated/α-hetero) is 1. The zero-order chi connectivity index (χ0) is 15.9. The number of carboxylic acid groups (broad SMARTS) is 1. The number of nitrogens with one attached hydrogen (secondary N) is 1. The second kappa shape index (κ2) is 6.05. The van der Waals surface area contributed by atoms with Crippen molar-refractivity contribution < 1.29 is 19.4 Å². The number of hydrogen-bond acceptors (Lipinski definition) is 6. The van der Waals surface area contributed by atoms with Crippen molar-refractivity contribution in [3.63, 3.8) is 0 Å². The van der Waals surface area contributed by atoms with E-state index in [1.54, 1.807) is 13.1 Å². The minimum absolute atomic E-state index is 0. The van der Waals surface area contributed by atoms with Crippen LogP contribution in [0.15, 0.2) is 18.6 Å². The molecule has 0 aliphatic rings. The Bertz CT molecular complexity index is 901. The zero-order valence-corrected chi connectivity index (χ0v) is 12.9. The molecular weight excluding hydrogens is 326 g/mol. The van der Waals surface area contributed by atoms with E-state index in [9.17, 15) is 9.59 Å². The first kappa shape index (κ1) is 16.4. The van der Waals surface area contributed by atoms with Gasteiger partial charge in [0.05, 0.1) is 41.7 Å². The summed E-state index contributed by atoms with van der Waals surface area (Å²) in [4.78, 5) is 29.8. The van der Waals surface area contributed by atoms with Gasteiger partial charge in [-0.1, -0.05) is 5.21 Å². The second-order valence-corrected chi connectivity index (χ2v) is 4.54. The average Bonchev–Trinajstić information content (AvgIpc) is 3.12. The molecule has 23 heavy (non-hydrogen) atoms.